The van der Waals surface area contributed by atoms with Crippen LogP contribution < -0.4 is 5.32 Å². The lowest BCUT2D eigenvalue weighted by molar-refractivity contribution is -0.143. The number of carbonyl (C=O) groups excluding carboxylic acids is 1. The molecular formula is C14H17F2NO4. The number of aliphatic carboxylic acids is 1. The molecule has 1 amide bonds. The minimum atomic E-state index is -2.79. The van der Waals surface area contributed by atoms with Gasteiger partial charge in [0.2, 0.25) is 12.3 Å². The van der Waals surface area contributed by atoms with Crippen LogP contribution in [-0.4, -0.2) is 36.1 Å². The van der Waals surface area contributed by atoms with Crippen LogP contribution in [0.5, 0.6) is 0 Å². The Kier molecular flexibility index (Phi) is 7.31. The van der Waals surface area contributed by atoms with Crippen molar-refractivity contribution in [1.82, 2.24) is 5.32 Å². The number of halogens is 2. The average Bonchev–Trinajstić information content (AvgIpc) is 2.43. The summed E-state index contributed by atoms with van der Waals surface area (Å²) >= 11 is 0. The highest BCUT2D eigenvalue weighted by atomic mass is 19.3. The molecule has 0 bridgehead atoms. The highest BCUT2D eigenvalue weighted by Gasteiger charge is 2.23. The third-order valence-electron chi connectivity index (χ3n) is 2.63. The quantitative estimate of drug-likeness (QED) is 0.682. The summed E-state index contributed by atoms with van der Waals surface area (Å²) in [5, 5.41) is 10.8. The Morgan fingerprint density at radius 1 is 1.24 bits per heavy atom. The summed E-state index contributed by atoms with van der Waals surface area (Å²) in [6, 6.07) is 7.73. The van der Waals surface area contributed by atoms with Crippen LogP contribution >= 0.6 is 0 Å². The largest absolute Gasteiger partial charge is 0.480 e. The molecule has 0 saturated carbocycles. The maximum absolute atomic E-state index is 12.2. The van der Waals surface area contributed by atoms with Crippen LogP contribution in [0.25, 0.3) is 0 Å². The number of ether oxygens (including phenoxy) is 1. The minimum absolute atomic E-state index is 0.0835. The second-order valence-electron chi connectivity index (χ2n) is 4.37. The van der Waals surface area contributed by atoms with Gasteiger partial charge in [0, 0.05) is 12.8 Å². The van der Waals surface area contributed by atoms with E-state index < -0.39 is 30.8 Å². The third kappa shape index (κ3) is 7.36. The summed E-state index contributed by atoms with van der Waals surface area (Å²) in [6.07, 6.45) is -3.79. The highest BCUT2D eigenvalue weighted by Crippen LogP contribution is 2.05. The van der Waals surface area contributed by atoms with Gasteiger partial charge in [0.15, 0.2) is 0 Å². The molecule has 0 saturated heterocycles. The molecular weight excluding hydrogens is 284 g/mol. The van der Waals surface area contributed by atoms with Gasteiger partial charge in [-0.15, -0.1) is 0 Å². The molecule has 1 aromatic carbocycles. The van der Waals surface area contributed by atoms with E-state index in [0.29, 0.717) is 6.61 Å². The third-order valence-corrected chi connectivity index (χ3v) is 2.63. The van der Waals surface area contributed by atoms with Crippen LogP contribution in [0.15, 0.2) is 30.3 Å². The Bertz CT molecular complexity index is 454. The van der Waals surface area contributed by atoms with Gasteiger partial charge in [-0.25, -0.2) is 13.6 Å². The van der Waals surface area contributed by atoms with E-state index in [-0.39, 0.29) is 13.0 Å². The summed E-state index contributed by atoms with van der Waals surface area (Å²) in [5.74, 6) is -2.11. The van der Waals surface area contributed by atoms with Gasteiger partial charge in [-0.05, 0) is 5.56 Å². The number of benzene rings is 1. The fourth-order valence-corrected chi connectivity index (χ4v) is 1.60. The van der Waals surface area contributed by atoms with Crippen molar-refractivity contribution in [3.8, 4) is 0 Å². The maximum atomic E-state index is 12.2. The van der Waals surface area contributed by atoms with Gasteiger partial charge in [0.1, 0.15) is 6.04 Å². The molecule has 116 valence electrons. The summed E-state index contributed by atoms with van der Waals surface area (Å²) in [7, 11) is 0. The molecule has 0 aliphatic heterocycles. The van der Waals surface area contributed by atoms with E-state index in [2.05, 4.69) is 0 Å². The molecule has 1 rings (SSSR count). The molecule has 0 spiro atoms. The SMILES string of the molecule is O=C(CCOCc1ccccc1)NC(CC(F)F)C(=O)O. The molecule has 1 atom stereocenters. The Hall–Kier alpha value is -2.02. The van der Waals surface area contributed by atoms with E-state index in [1.54, 1.807) is 0 Å². The summed E-state index contributed by atoms with van der Waals surface area (Å²) in [6.45, 7) is 0.412. The first kappa shape index (κ1) is 17.0. The fraction of sp³-hybridized carbons (Fsp3) is 0.429. The molecule has 5 nitrogen and oxygen atoms in total. The highest BCUT2D eigenvalue weighted by molar-refractivity contribution is 5.83. The van der Waals surface area contributed by atoms with Gasteiger partial charge in [0.25, 0.3) is 0 Å². The summed E-state index contributed by atoms with van der Waals surface area (Å²) in [4.78, 5) is 22.2. The molecule has 2 N–H and O–H groups in total. The lowest BCUT2D eigenvalue weighted by Crippen LogP contribution is -2.42. The average molecular weight is 301 g/mol. The first-order valence-electron chi connectivity index (χ1n) is 6.41. The summed E-state index contributed by atoms with van der Waals surface area (Å²) in [5.41, 5.74) is 0.944. The van der Waals surface area contributed by atoms with E-state index in [4.69, 9.17) is 9.84 Å². The maximum Gasteiger partial charge on any atom is 0.326 e. The minimum Gasteiger partial charge on any atom is -0.480 e. The molecule has 0 aliphatic carbocycles. The van der Waals surface area contributed by atoms with Crippen molar-refractivity contribution in [3.63, 3.8) is 0 Å². The van der Waals surface area contributed by atoms with Gasteiger partial charge in [-0.1, -0.05) is 30.3 Å². The van der Waals surface area contributed by atoms with Gasteiger partial charge in [-0.2, -0.15) is 0 Å². The lowest BCUT2D eigenvalue weighted by Gasteiger charge is -2.14. The first-order chi connectivity index (χ1) is 9.99. The predicted molar refractivity (Wildman–Crippen MR) is 70.9 cm³/mol. The van der Waals surface area contributed by atoms with Crippen molar-refractivity contribution in [2.24, 2.45) is 0 Å². The topological polar surface area (TPSA) is 75.6 Å². The van der Waals surface area contributed by atoms with E-state index in [9.17, 15) is 18.4 Å². The molecule has 0 fully saturated rings. The van der Waals surface area contributed by atoms with Crippen LogP contribution in [-0.2, 0) is 20.9 Å². The molecule has 0 heterocycles. The van der Waals surface area contributed by atoms with Gasteiger partial charge >= 0.3 is 5.97 Å². The van der Waals surface area contributed by atoms with Gasteiger partial charge in [0.05, 0.1) is 13.2 Å². The smallest absolute Gasteiger partial charge is 0.326 e. The van der Waals surface area contributed by atoms with Crippen molar-refractivity contribution in [3.05, 3.63) is 35.9 Å². The van der Waals surface area contributed by atoms with Crippen LogP contribution in [0.4, 0.5) is 8.78 Å². The molecule has 0 radical (unpaired) electrons. The Labute approximate surface area is 120 Å². The molecule has 7 heteroatoms. The van der Waals surface area contributed by atoms with E-state index in [1.807, 2.05) is 35.6 Å². The van der Waals surface area contributed by atoms with Crippen LogP contribution in [0.2, 0.25) is 0 Å². The molecule has 1 unspecified atom stereocenters. The fourth-order valence-electron chi connectivity index (χ4n) is 1.60. The zero-order valence-corrected chi connectivity index (χ0v) is 11.3. The van der Waals surface area contributed by atoms with Crippen molar-refractivity contribution < 1.29 is 28.2 Å². The Morgan fingerprint density at radius 3 is 2.48 bits per heavy atom. The summed E-state index contributed by atoms with van der Waals surface area (Å²) < 4.78 is 29.6. The number of alkyl halides is 2. The normalized spacial score (nSPS) is 12.1. The van der Waals surface area contributed by atoms with Crippen molar-refractivity contribution in [1.29, 1.82) is 0 Å². The number of rotatable bonds is 9. The Balaban J connectivity index is 2.25. The standard InChI is InChI=1S/C14H17F2NO4/c15-12(16)8-11(14(19)20)17-13(18)6-7-21-9-10-4-2-1-3-5-10/h1-5,11-12H,6-9H2,(H,17,18)(H,19,20). The number of hydrogen-bond acceptors (Lipinski definition) is 3. The van der Waals surface area contributed by atoms with Gasteiger partial charge in [-0.3, -0.25) is 4.79 Å². The van der Waals surface area contributed by atoms with Crippen molar-refractivity contribution in [2.75, 3.05) is 6.61 Å². The predicted octanol–water partition coefficient (Wildman–Crippen LogP) is 1.82. The second kappa shape index (κ2) is 9.02. The van der Waals surface area contributed by atoms with Crippen molar-refractivity contribution >= 4 is 11.9 Å². The molecule has 0 aliphatic rings. The van der Waals surface area contributed by atoms with Crippen LogP contribution in [0.1, 0.15) is 18.4 Å². The number of amides is 1. The van der Waals surface area contributed by atoms with Gasteiger partial charge < -0.3 is 15.2 Å². The molecule has 21 heavy (non-hydrogen) atoms. The van der Waals surface area contributed by atoms with E-state index in [1.165, 1.54) is 0 Å². The van der Waals surface area contributed by atoms with E-state index in [0.717, 1.165) is 5.56 Å². The molecule has 0 aromatic heterocycles. The lowest BCUT2D eigenvalue weighted by atomic mass is 10.2. The Morgan fingerprint density at radius 2 is 1.90 bits per heavy atom. The number of carbonyl (C=O) groups is 2. The van der Waals surface area contributed by atoms with Crippen molar-refractivity contribution in [2.45, 2.75) is 31.9 Å². The van der Waals surface area contributed by atoms with Crippen LogP contribution in [0, 0.1) is 0 Å². The number of nitrogens with one attached hydrogen (secondary N) is 1. The number of hydrogen-bond donors (Lipinski definition) is 2. The number of carboxylic acid groups (broad SMARTS) is 1. The first-order valence-corrected chi connectivity index (χ1v) is 6.41. The number of carboxylic acids is 1. The second-order valence-corrected chi connectivity index (χ2v) is 4.37. The monoisotopic (exact) mass is 301 g/mol. The molecule has 1 aromatic rings. The zero-order chi connectivity index (χ0) is 15.7. The van der Waals surface area contributed by atoms with Crippen LogP contribution in [0.3, 0.4) is 0 Å². The zero-order valence-electron chi connectivity index (χ0n) is 11.3. The van der Waals surface area contributed by atoms with E-state index >= 15 is 0 Å².